The van der Waals surface area contributed by atoms with Gasteiger partial charge in [0.2, 0.25) is 5.91 Å². The fraction of sp³-hybridized carbons (Fsp3) is 0.250. The molecule has 0 atom stereocenters. The van der Waals surface area contributed by atoms with Crippen molar-refractivity contribution in [2.45, 2.75) is 25.2 Å². The Hall–Kier alpha value is -2.31. The van der Waals surface area contributed by atoms with E-state index < -0.39 is 0 Å². The molecule has 0 radical (unpaired) electrons. The number of thioether (sulfide) groups is 1. The first-order valence-electron chi connectivity index (χ1n) is 8.68. The van der Waals surface area contributed by atoms with Crippen LogP contribution in [0.3, 0.4) is 0 Å². The van der Waals surface area contributed by atoms with Gasteiger partial charge < -0.3 is 9.47 Å². The van der Waals surface area contributed by atoms with Gasteiger partial charge in [-0.05, 0) is 36.8 Å². The van der Waals surface area contributed by atoms with Crippen molar-refractivity contribution >= 4 is 29.3 Å². The van der Waals surface area contributed by atoms with Crippen LogP contribution >= 0.6 is 23.4 Å². The van der Waals surface area contributed by atoms with Gasteiger partial charge in [0, 0.05) is 30.7 Å². The molecular formula is C20H21ClN4OS. The summed E-state index contributed by atoms with van der Waals surface area (Å²) in [6, 6.07) is 17.5. The molecule has 0 aliphatic rings. The first kappa shape index (κ1) is 19.5. The molecular weight excluding hydrogens is 380 g/mol. The number of carbonyl (C=O) groups excluding carboxylic acids is 1. The zero-order valence-electron chi connectivity index (χ0n) is 15.3. The molecule has 0 fully saturated rings. The quantitative estimate of drug-likeness (QED) is 0.552. The molecule has 0 aliphatic heterocycles. The Kier molecular flexibility index (Phi) is 6.53. The van der Waals surface area contributed by atoms with Gasteiger partial charge in [0.05, 0.1) is 5.75 Å². The van der Waals surface area contributed by atoms with Crippen LogP contribution in [0.1, 0.15) is 12.5 Å². The third-order valence-corrected chi connectivity index (χ3v) is 5.35. The van der Waals surface area contributed by atoms with E-state index in [2.05, 4.69) is 10.2 Å². The topological polar surface area (TPSA) is 51.0 Å². The maximum absolute atomic E-state index is 12.5. The lowest BCUT2D eigenvalue weighted by molar-refractivity contribution is -0.127. The van der Waals surface area contributed by atoms with Gasteiger partial charge in [-0.1, -0.05) is 53.7 Å². The van der Waals surface area contributed by atoms with Crippen molar-refractivity contribution in [3.05, 3.63) is 65.2 Å². The second-order valence-electron chi connectivity index (χ2n) is 6.08. The van der Waals surface area contributed by atoms with E-state index in [1.54, 1.807) is 4.90 Å². The maximum atomic E-state index is 12.5. The minimum absolute atomic E-state index is 0.0579. The van der Waals surface area contributed by atoms with Gasteiger partial charge in [-0.15, -0.1) is 10.2 Å². The highest BCUT2D eigenvalue weighted by Gasteiger charge is 2.16. The van der Waals surface area contributed by atoms with E-state index in [0.717, 1.165) is 28.7 Å². The van der Waals surface area contributed by atoms with Crippen LogP contribution in [0.2, 0.25) is 5.02 Å². The first-order chi connectivity index (χ1) is 13.1. The minimum Gasteiger partial charge on any atom is -0.341 e. The lowest BCUT2D eigenvalue weighted by Gasteiger charge is -2.17. The van der Waals surface area contributed by atoms with Crippen LogP contribution in [0, 0.1) is 0 Å². The Morgan fingerprint density at radius 2 is 1.81 bits per heavy atom. The molecule has 0 spiro atoms. The first-order valence-corrected chi connectivity index (χ1v) is 10.0. The average molecular weight is 401 g/mol. The number of aromatic nitrogens is 3. The Bertz CT molecular complexity index is 896. The van der Waals surface area contributed by atoms with Crippen LogP contribution in [0.4, 0.5) is 0 Å². The lowest BCUT2D eigenvalue weighted by atomic mass is 10.2. The Balaban J connectivity index is 1.65. The summed E-state index contributed by atoms with van der Waals surface area (Å²) < 4.78 is 2.01. The van der Waals surface area contributed by atoms with E-state index in [9.17, 15) is 4.79 Å². The molecule has 0 aliphatic carbocycles. The van der Waals surface area contributed by atoms with Gasteiger partial charge in [-0.3, -0.25) is 4.79 Å². The Morgan fingerprint density at radius 1 is 1.11 bits per heavy atom. The predicted octanol–water partition coefficient (Wildman–Crippen LogP) is 4.37. The highest BCUT2D eigenvalue weighted by Crippen LogP contribution is 2.25. The molecule has 5 nitrogen and oxygen atoms in total. The zero-order chi connectivity index (χ0) is 19.2. The number of nitrogens with zero attached hydrogens (tertiary/aromatic N) is 4. The lowest BCUT2D eigenvalue weighted by Crippen LogP contribution is -2.27. The molecule has 3 aromatic rings. The van der Waals surface area contributed by atoms with E-state index in [1.165, 1.54) is 11.8 Å². The van der Waals surface area contributed by atoms with E-state index >= 15 is 0 Å². The third kappa shape index (κ3) is 4.90. The molecule has 27 heavy (non-hydrogen) atoms. The van der Waals surface area contributed by atoms with Crippen molar-refractivity contribution in [3.8, 4) is 11.4 Å². The summed E-state index contributed by atoms with van der Waals surface area (Å²) >= 11 is 7.37. The summed E-state index contributed by atoms with van der Waals surface area (Å²) in [4.78, 5) is 14.2. The fourth-order valence-corrected chi connectivity index (χ4v) is 3.74. The molecule has 1 amide bonds. The number of rotatable bonds is 7. The van der Waals surface area contributed by atoms with E-state index in [-0.39, 0.29) is 5.91 Å². The standard InChI is InChI=1S/C20H21ClN4OS/c1-3-25-19(16-9-11-17(21)12-10-16)22-23-20(25)27-14-18(26)24(2)13-15-7-5-4-6-8-15/h4-12H,3,13-14H2,1-2H3. The average Bonchev–Trinajstić information content (AvgIpc) is 3.10. The molecule has 0 saturated heterocycles. The smallest absolute Gasteiger partial charge is 0.233 e. The van der Waals surface area contributed by atoms with Crippen molar-refractivity contribution in [3.63, 3.8) is 0 Å². The monoisotopic (exact) mass is 400 g/mol. The van der Waals surface area contributed by atoms with E-state index in [4.69, 9.17) is 11.6 Å². The van der Waals surface area contributed by atoms with Crippen LogP contribution in [0.25, 0.3) is 11.4 Å². The summed E-state index contributed by atoms with van der Waals surface area (Å²) in [5.74, 6) is 1.16. The van der Waals surface area contributed by atoms with Gasteiger partial charge in [-0.25, -0.2) is 0 Å². The molecule has 7 heteroatoms. The highest BCUT2D eigenvalue weighted by molar-refractivity contribution is 7.99. The second kappa shape index (κ2) is 9.06. The number of hydrogen-bond acceptors (Lipinski definition) is 4. The van der Waals surface area contributed by atoms with Crippen molar-refractivity contribution in [1.82, 2.24) is 19.7 Å². The van der Waals surface area contributed by atoms with Crippen molar-refractivity contribution in [2.75, 3.05) is 12.8 Å². The van der Waals surface area contributed by atoms with Crippen molar-refractivity contribution in [1.29, 1.82) is 0 Å². The van der Waals surface area contributed by atoms with Gasteiger partial charge in [0.25, 0.3) is 0 Å². The molecule has 140 valence electrons. The van der Waals surface area contributed by atoms with Crippen LogP contribution in [-0.2, 0) is 17.9 Å². The van der Waals surface area contributed by atoms with Crippen LogP contribution in [-0.4, -0.2) is 38.4 Å². The van der Waals surface area contributed by atoms with Crippen LogP contribution in [0.15, 0.2) is 59.8 Å². The molecule has 0 N–H and O–H groups in total. The molecule has 3 rings (SSSR count). The highest BCUT2D eigenvalue weighted by atomic mass is 35.5. The summed E-state index contributed by atoms with van der Waals surface area (Å²) in [6.45, 7) is 3.36. The normalized spacial score (nSPS) is 10.8. The van der Waals surface area contributed by atoms with Gasteiger partial charge in [0.15, 0.2) is 11.0 Å². The SMILES string of the molecule is CCn1c(SCC(=O)N(C)Cc2ccccc2)nnc1-c1ccc(Cl)cc1. The zero-order valence-corrected chi connectivity index (χ0v) is 16.9. The molecule has 0 bridgehead atoms. The number of benzene rings is 2. The van der Waals surface area contributed by atoms with Gasteiger partial charge >= 0.3 is 0 Å². The van der Waals surface area contributed by atoms with Crippen LogP contribution < -0.4 is 0 Å². The molecule has 1 aromatic heterocycles. The molecule has 0 unspecified atom stereocenters. The largest absolute Gasteiger partial charge is 0.341 e. The molecule has 1 heterocycles. The second-order valence-corrected chi connectivity index (χ2v) is 7.46. The van der Waals surface area contributed by atoms with Crippen LogP contribution in [0.5, 0.6) is 0 Å². The fourth-order valence-electron chi connectivity index (χ4n) is 2.67. The summed E-state index contributed by atoms with van der Waals surface area (Å²) in [7, 11) is 1.82. The third-order valence-electron chi connectivity index (χ3n) is 4.15. The summed E-state index contributed by atoms with van der Waals surface area (Å²) in [6.07, 6.45) is 0. The number of carbonyl (C=O) groups is 1. The van der Waals surface area contributed by atoms with E-state index in [1.807, 2.05) is 73.1 Å². The maximum Gasteiger partial charge on any atom is 0.233 e. The van der Waals surface area contributed by atoms with Gasteiger partial charge in [0.1, 0.15) is 0 Å². The molecule has 2 aromatic carbocycles. The Labute approximate surface area is 168 Å². The summed E-state index contributed by atoms with van der Waals surface area (Å²) in [5, 5.41) is 10.00. The number of hydrogen-bond donors (Lipinski definition) is 0. The summed E-state index contributed by atoms with van der Waals surface area (Å²) in [5.41, 5.74) is 2.06. The predicted molar refractivity (Wildman–Crippen MR) is 110 cm³/mol. The minimum atomic E-state index is 0.0579. The molecule has 0 saturated carbocycles. The van der Waals surface area contributed by atoms with E-state index in [0.29, 0.717) is 17.3 Å². The number of halogens is 1. The Morgan fingerprint density at radius 3 is 2.48 bits per heavy atom. The van der Waals surface area contributed by atoms with Crippen molar-refractivity contribution < 1.29 is 4.79 Å². The number of amides is 1. The van der Waals surface area contributed by atoms with Gasteiger partial charge in [-0.2, -0.15) is 0 Å². The van der Waals surface area contributed by atoms with Crippen molar-refractivity contribution in [2.24, 2.45) is 0 Å².